The molecule has 1 aliphatic rings. The summed E-state index contributed by atoms with van der Waals surface area (Å²) in [6, 6.07) is 41.8. The topological polar surface area (TPSA) is 44.7 Å². The van der Waals surface area contributed by atoms with Crippen molar-refractivity contribution in [3.8, 4) is 44.9 Å². The van der Waals surface area contributed by atoms with E-state index in [9.17, 15) is 0 Å². The summed E-state index contributed by atoms with van der Waals surface area (Å²) in [6.07, 6.45) is 0. The van der Waals surface area contributed by atoms with Crippen molar-refractivity contribution in [1.29, 1.82) is 0 Å². The van der Waals surface area contributed by atoms with E-state index in [0.29, 0.717) is 0 Å². The third kappa shape index (κ3) is 3.76. The summed E-state index contributed by atoms with van der Waals surface area (Å²) in [5.74, 6) is 0.731. The molecule has 0 fully saturated rings. The van der Waals surface area contributed by atoms with Crippen LogP contribution in [0.1, 0.15) is 13.8 Å². The summed E-state index contributed by atoms with van der Waals surface area (Å²) in [5.41, 5.74) is 9.91. The van der Waals surface area contributed by atoms with Crippen molar-refractivity contribution in [2.24, 2.45) is 0 Å². The van der Waals surface area contributed by atoms with E-state index in [1.54, 1.807) is 0 Å². The first-order valence-electron chi connectivity index (χ1n) is 14.5. The van der Waals surface area contributed by atoms with Crippen LogP contribution in [-0.2, 0) is 0 Å². The number of furan rings is 2. The van der Waals surface area contributed by atoms with E-state index >= 15 is 0 Å². The molecule has 3 heterocycles. The third-order valence-corrected chi connectivity index (χ3v) is 8.38. The number of para-hydroxylation sites is 2. The standard InChI is InChI=1S/C39H26O4/c1-39(2)42-35-18-15-24(23-14-17-34-29(20-23)27-8-3-5-11-32(27)40-34)21-30(35)31-22-25(16-19-36(31)43-39)26-10-7-13-37-38(26)28-9-4-6-12-33(28)41-37/h3-22H,1-2H3. The van der Waals surface area contributed by atoms with Crippen molar-refractivity contribution >= 4 is 43.9 Å². The maximum absolute atomic E-state index is 6.45. The van der Waals surface area contributed by atoms with Gasteiger partial charge in [0.15, 0.2) is 0 Å². The van der Waals surface area contributed by atoms with Crippen molar-refractivity contribution in [2.45, 2.75) is 19.6 Å². The SMILES string of the molecule is CC1(C)Oc2ccc(-c3ccc4oc5ccccc5c4c3)cc2-c2cc(-c3cccc4oc5ccccc5c34)ccc2O1. The zero-order valence-electron chi connectivity index (χ0n) is 23.7. The van der Waals surface area contributed by atoms with Crippen LogP contribution in [0.4, 0.5) is 0 Å². The molecule has 0 atom stereocenters. The van der Waals surface area contributed by atoms with Crippen LogP contribution in [0.15, 0.2) is 130 Å². The molecule has 6 aromatic carbocycles. The lowest BCUT2D eigenvalue weighted by Gasteiger charge is -2.25. The smallest absolute Gasteiger partial charge is 0.245 e. The van der Waals surface area contributed by atoms with Crippen molar-refractivity contribution in [3.05, 3.63) is 121 Å². The van der Waals surface area contributed by atoms with Gasteiger partial charge in [-0.25, -0.2) is 0 Å². The van der Waals surface area contributed by atoms with Gasteiger partial charge < -0.3 is 18.3 Å². The predicted molar refractivity (Wildman–Crippen MR) is 173 cm³/mol. The van der Waals surface area contributed by atoms with Crippen LogP contribution in [0, 0.1) is 0 Å². The molecule has 0 spiro atoms. The van der Waals surface area contributed by atoms with Gasteiger partial charge in [-0.15, -0.1) is 0 Å². The molecule has 0 unspecified atom stereocenters. The lowest BCUT2D eigenvalue weighted by molar-refractivity contribution is -0.0778. The highest BCUT2D eigenvalue weighted by atomic mass is 16.7. The molecule has 4 heteroatoms. The zero-order chi connectivity index (χ0) is 28.7. The van der Waals surface area contributed by atoms with Gasteiger partial charge in [-0.05, 0) is 76.9 Å². The van der Waals surface area contributed by atoms with Crippen LogP contribution >= 0.6 is 0 Å². The third-order valence-electron chi connectivity index (χ3n) is 8.38. The lowest BCUT2D eigenvalue weighted by atomic mass is 9.93. The van der Waals surface area contributed by atoms with Crippen LogP contribution in [-0.4, -0.2) is 5.79 Å². The average Bonchev–Trinajstić information content (AvgIpc) is 3.56. The van der Waals surface area contributed by atoms with Crippen molar-refractivity contribution in [2.75, 3.05) is 0 Å². The molecule has 0 N–H and O–H groups in total. The Hall–Kier alpha value is -5.48. The molecule has 0 saturated carbocycles. The molecule has 43 heavy (non-hydrogen) atoms. The van der Waals surface area contributed by atoms with E-state index in [4.69, 9.17) is 18.3 Å². The van der Waals surface area contributed by atoms with Gasteiger partial charge >= 0.3 is 0 Å². The molecule has 0 saturated heterocycles. The summed E-state index contributed by atoms with van der Waals surface area (Å²) in [4.78, 5) is 0. The Balaban J connectivity index is 1.24. The fourth-order valence-electron chi connectivity index (χ4n) is 6.48. The fraction of sp³-hybridized carbons (Fsp3) is 0.0769. The maximum atomic E-state index is 6.45. The Morgan fingerprint density at radius 3 is 1.77 bits per heavy atom. The maximum Gasteiger partial charge on any atom is 0.245 e. The summed E-state index contributed by atoms with van der Waals surface area (Å²) >= 11 is 0. The Kier molecular flexibility index (Phi) is 4.92. The molecule has 4 nitrogen and oxygen atoms in total. The van der Waals surface area contributed by atoms with Gasteiger partial charge in [-0.1, -0.05) is 66.7 Å². The van der Waals surface area contributed by atoms with Gasteiger partial charge in [-0.3, -0.25) is 0 Å². The number of benzene rings is 6. The van der Waals surface area contributed by atoms with E-state index in [1.807, 2.05) is 50.2 Å². The average molecular weight is 559 g/mol. The molecule has 8 aromatic rings. The molecule has 206 valence electrons. The Labute approximate surface area is 247 Å². The highest BCUT2D eigenvalue weighted by molar-refractivity contribution is 6.12. The highest BCUT2D eigenvalue weighted by Crippen LogP contribution is 2.47. The highest BCUT2D eigenvalue weighted by Gasteiger charge is 2.30. The monoisotopic (exact) mass is 558 g/mol. The Morgan fingerprint density at radius 2 is 0.977 bits per heavy atom. The molecular formula is C39H26O4. The van der Waals surface area contributed by atoms with Gasteiger partial charge in [0.1, 0.15) is 33.8 Å². The van der Waals surface area contributed by atoms with Gasteiger partial charge in [0, 0.05) is 46.5 Å². The van der Waals surface area contributed by atoms with Crippen LogP contribution in [0.5, 0.6) is 11.5 Å². The summed E-state index contributed by atoms with van der Waals surface area (Å²) in [6.45, 7) is 3.90. The quantitative estimate of drug-likeness (QED) is 0.212. The first-order chi connectivity index (χ1) is 21.0. The van der Waals surface area contributed by atoms with Gasteiger partial charge in [0.2, 0.25) is 5.79 Å². The Morgan fingerprint density at radius 1 is 0.419 bits per heavy atom. The molecule has 0 radical (unpaired) electrons. The second-order valence-electron chi connectivity index (χ2n) is 11.6. The van der Waals surface area contributed by atoms with Crippen molar-refractivity contribution in [3.63, 3.8) is 0 Å². The number of hydrogen-bond acceptors (Lipinski definition) is 4. The van der Waals surface area contributed by atoms with Crippen LogP contribution in [0.3, 0.4) is 0 Å². The molecular weight excluding hydrogens is 532 g/mol. The number of fused-ring (bicyclic) bond motifs is 9. The molecule has 1 aliphatic heterocycles. The summed E-state index contributed by atoms with van der Waals surface area (Å²) in [5, 5.41) is 4.43. The molecule has 0 amide bonds. The largest absolute Gasteiger partial charge is 0.456 e. The predicted octanol–water partition coefficient (Wildman–Crippen LogP) is 11.0. The van der Waals surface area contributed by atoms with Gasteiger partial charge in [-0.2, -0.15) is 0 Å². The molecule has 0 bridgehead atoms. The van der Waals surface area contributed by atoms with Crippen molar-refractivity contribution < 1.29 is 18.3 Å². The Bertz CT molecular complexity index is 2390. The molecule has 0 aliphatic carbocycles. The van der Waals surface area contributed by atoms with Crippen LogP contribution in [0.25, 0.3) is 77.3 Å². The number of rotatable bonds is 2. The van der Waals surface area contributed by atoms with Crippen LogP contribution < -0.4 is 9.47 Å². The van der Waals surface area contributed by atoms with Gasteiger partial charge in [0.25, 0.3) is 0 Å². The number of ether oxygens (including phenoxy) is 2. The van der Waals surface area contributed by atoms with Crippen LogP contribution in [0.2, 0.25) is 0 Å². The molecule has 9 rings (SSSR count). The van der Waals surface area contributed by atoms with Crippen molar-refractivity contribution in [1.82, 2.24) is 0 Å². The van der Waals surface area contributed by atoms with E-state index in [1.165, 1.54) is 0 Å². The number of hydrogen-bond donors (Lipinski definition) is 0. The zero-order valence-corrected chi connectivity index (χ0v) is 23.7. The second kappa shape index (κ2) is 8.76. The summed E-state index contributed by atoms with van der Waals surface area (Å²) < 4.78 is 25.2. The minimum Gasteiger partial charge on any atom is -0.456 e. The lowest BCUT2D eigenvalue weighted by Crippen LogP contribution is -2.34. The fourth-order valence-corrected chi connectivity index (χ4v) is 6.48. The van der Waals surface area contributed by atoms with Gasteiger partial charge in [0.05, 0.1) is 0 Å². The first kappa shape index (κ1) is 24.2. The molecule has 2 aromatic heterocycles. The van der Waals surface area contributed by atoms with E-state index < -0.39 is 5.79 Å². The minimum absolute atomic E-state index is 0.783. The van der Waals surface area contributed by atoms with E-state index in [2.05, 4.69) is 84.9 Å². The normalized spacial score (nSPS) is 13.9. The first-order valence-corrected chi connectivity index (χ1v) is 14.5. The summed E-state index contributed by atoms with van der Waals surface area (Å²) in [7, 11) is 0. The van der Waals surface area contributed by atoms with E-state index in [0.717, 1.165) is 88.8 Å². The minimum atomic E-state index is -0.835. The van der Waals surface area contributed by atoms with E-state index in [-0.39, 0.29) is 0 Å². The second-order valence-corrected chi connectivity index (χ2v) is 11.6.